The summed E-state index contributed by atoms with van der Waals surface area (Å²) in [5.41, 5.74) is 1.53. The summed E-state index contributed by atoms with van der Waals surface area (Å²) in [6.45, 7) is 2.86. The molecule has 4 rings (SSSR count). The van der Waals surface area contributed by atoms with Gasteiger partial charge in [-0.2, -0.15) is 0 Å². The van der Waals surface area contributed by atoms with Crippen LogP contribution in [-0.2, 0) is 23.9 Å². The van der Waals surface area contributed by atoms with E-state index in [1.54, 1.807) is 12.1 Å². The molecule has 0 spiro atoms. The fraction of sp³-hybridized carbons (Fsp3) is 0.524. The lowest BCUT2D eigenvalue weighted by molar-refractivity contribution is -0.159. The third-order valence-electron chi connectivity index (χ3n) is 6.54. The fourth-order valence-corrected chi connectivity index (χ4v) is 7.16. The highest BCUT2D eigenvalue weighted by Crippen LogP contribution is 2.60. The third kappa shape index (κ3) is 3.88. The van der Waals surface area contributed by atoms with Gasteiger partial charge in [0.1, 0.15) is 6.04 Å². The number of likely N-dealkylation sites (tertiary alicyclic amines) is 1. The monoisotopic (exact) mass is 618 g/mol. The van der Waals surface area contributed by atoms with Crippen LogP contribution in [0.5, 0.6) is 0 Å². The number of nitrogens with one attached hydrogen (secondary N) is 1. The van der Waals surface area contributed by atoms with E-state index >= 15 is 0 Å². The average molecular weight is 621 g/mol. The molecule has 2 aliphatic carbocycles. The number of ether oxygens (including phenoxy) is 1. The summed E-state index contributed by atoms with van der Waals surface area (Å²) >= 11 is 10.7. The van der Waals surface area contributed by atoms with Gasteiger partial charge in [0.25, 0.3) is 5.91 Å². The predicted octanol–water partition coefficient (Wildman–Crippen LogP) is 3.41. The molecule has 3 amide bonds. The number of hydrogen-bond acceptors (Lipinski definition) is 5. The lowest BCUT2D eigenvalue weighted by Crippen LogP contribution is -2.45. The van der Waals surface area contributed by atoms with E-state index in [9.17, 15) is 19.2 Å². The molecule has 7 nitrogen and oxygen atoms in total. The quantitative estimate of drug-likeness (QED) is 0.310. The minimum absolute atomic E-state index is 0.0733. The molecule has 7 atom stereocenters. The number of esters is 1. The maximum atomic E-state index is 13.0. The molecule has 2 saturated carbocycles. The summed E-state index contributed by atoms with van der Waals surface area (Å²) in [5, 5.41) is 2.66. The molecule has 31 heavy (non-hydrogen) atoms. The molecule has 1 aromatic rings. The Morgan fingerprint density at radius 1 is 1.16 bits per heavy atom. The van der Waals surface area contributed by atoms with E-state index in [0.29, 0.717) is 5.69 Å². The molecule has 1 aliphatic heterocycles. The normalized spacial score (nSPS) is 32.2. The molecule has 1 saturated heterocycles. The number of rotatable bonds is 5. The molecule has 1 aromatic carbocycles. The van der Waals surface area contributed by atoms with Crippen molar-refractivity contribution in [3.05, 3.63) is 28.2 Å². The van der Waals surface area contributed by atoms with Crippen molar-refractivity contribution in [2.24, 2.45) is 23.7 Å². The van der Waals surface area contributed by atoms with Crippen molar-refractivity contribution in [2.45, 2.75) is 36.0 Å². The van der Waals surface area contributed by atoms with E-state index in [0.717, 1.165) is 21.4 Å². The first-order chi connectivity index (χ1) is 14.6. The second-order valence-electron chi connectivity index (χ2n) is 8.35. The van der Waals surface area contributed by atoms with Crippen LogP contribution < -0.4 is 5.32 Å². The molecular weight excluding hydrogens is 600 g/mol. The summed E-state index contributed by atoms with van der Waals surface area (Å²) in [4.78, 5) is 52.0. The molecule has 3 aliphatic rings. The maximum Gasteiger partial charge on any atom is 0.329 e. The fourth-order valence-electron chi connectivity index (χ4n) is 5.04. The molecule has 1 heterocycles. The zero-order valence-corrected chi connectivity index (χ0v) is 21.6. The largest absolute Gasteiger partial charge is 0.454 e. The highest BCUT2D eigenvalue weighted by molar-refractivity contribution is 9.12. The number of fused-ring (bicyclic) bond motifs is 5. The Hall–Kier alpha value is -1.26. The second-order valence-corrected chi connectivity index (χ2v) is 11.3. The summed E-state index contributed by atoms with van der Waals surface area (Å²) < 4.78 is 6.03. The van der Waals surface area contributed by atoms with Crippen LogP contribution in [0.1, 0.15) is 18.9 Å². The van der Waals surface area contributed by atoms with E-state index in [4.69, 9.17) is 4.74 Å². The lowest BCUT2D eigenvalue weighted by atomic mass is 9.81. The van der Waals surface area contributed by atoms with Crippen molar-refractivity contribution in [3.63, 3.8) is 0 Å². The van der Waals surface area contributed by atoms with Gasteiger partial charge in [-0.05, 0) is 55.9 Å². The molecular formula is C21H21Br3N2O5. The highest BCUT2D eigenvalue weighted by Gasteiger charge is 2.67. The number of benzene rings is 1. The molecule has 0 radical (unpaired) electrons. The van der Waals surface area contributed by atoms with Gasteiger partial charge < -0.3 is 10.1 Å². The molecule has 10 heteroatoms. The minimum atomic E-state index is -1.07. The Morgan fingerprint density at radius 2 is 1.74 bits per heavy atom. The Kier molecular flexibility index (Phi) is 6.35. The summed E-state index contributed by atoms with van der Waals surface area (Å²) in [6.07, 6.45) is 0.820. The van der Waals surface area contributed by atoms with Crippen molar-refractivity contribution in [1.82, 2.24) is 4.90 Å². The van der Waals surface area contributed by atoms with Crippen molar-refractivity contribution in [3.8, 4) is 0 Å². The summed E-state index contributed by atoms with van der Waals surface area (Å²) in [6, 6.07) is 4.25. The maximum absolute atomic E-state index is 13.0. The van der Waals surface area contributed by atoms with E-state index in [2.05, 4.69) is 53.1 Å². The molecule has 3 fully saturated rings. The summed E-state index contributed by atoms with van der Waals surface area (Å²) in [5.74, 6) is -2.54. The molecule has 1 N–H and O–H groups in total. The zero-order valence-electron chi connectivity index (χ0n) is 16.8. The second kappa shape index (κ2) is 8.59. The molecule has 166 valence electrons. The Balaban J connectivity index is 1.36. The van der Waals surface area contributed by atoms with E-state index in [1.165, 1.54) is 6.92 Å². The number of amides is 3. The van der Waals surface area contributed by atoms with Crippen LogP contribution in [0.4, 0.5) is 5.69 Å². The number of halogens is 3. The van der Waals surface area contributed by atoms with Gasteiger partial charge in [0.2, 0.25) is 11.8 Å². The van der Waals surface area contributed by atoms with Gasteiger partial charge in [-0.1, -0.05) is 47.8 Å². The number of carbonyl (C=O) groups is 4. The minimum Gasteiger partial charge on any atom is -0.454 e. The predicted molar refractivity (Wildman–Crippen MR) is 124 cm³/mol. The van der Waals surface area contributed by atoms with Gasteiger partial charge in [-0.3, -0.25) is 19.3 Å². The SMILES string of the molecule is Cc1cc(NC(=O)COC(=O)[C@H](C)N2C(=O)[C@@H]3[C@H]4C[C@@H]([C@@H](Br)[C@H]4Br)[C@H]3C2=O)ccc1Br. The first kappa shape index (κ1) is 22.9. The number of anilines is 1. The van der Waals surface area contributed by atoms with Gasteiger partial charge in [0, 0.05) is 19.8 Å². The van der Waals surface area contributed by atoms with Crippen LogP contribution >= 0.6 is 47.8 Å². The highest BCUT2D eigenvalue weighted by atomic mass is 79.9. The van der Waals surface area contributed by atoms with Crippen molar-refractivity contribution in [1.29, 1.82) is 0 Å². The van der Waals surface area contributed by atoms with Gasteiger partial charge in [-0.15, -0.1) is 0 Å². The number of nitrogens with zero attached hydrogens (tertiary/aromatic N) is 1. The zero-order chi connectivity index (χ0) is 22.6. The van der Waals surface area contributed by atoms with Crippen molar-refractivity contribution in [2.75, 3.05) is 11.9 Å². The molecule has 0 unspecified atom stereocenters. The van der Waals surface area contributed by atoms with Crippen LogP contribution in [0.15, 0.2) is 22.7 Å². The Morgan fingerprint density at radius 3 is 2.29 bits per heavy atom. The summed E-state index contributed by atoms with van der Waals surface area (Å²) in [7, 11) is 0. The van der Waals surface area contributed by atoms with Crippen LogP contribution in [0, 0.1) is 30.6 Å². The number of imide groups is 1. The lowest BCUT2D eigenvalue weighted by Gasteiger charge is -2.28. The van der Waals surface area contributed by atoms with Crippen LogP contribution in [0.3, 0.4) is 0 Å². The van der Waals surface area contributed by atoms with Crippen LogP contribution in [0.25, 0.3) is 0 Å². The van der Waals surface area contributed by atoms with Gasteiger partial charge in [0.15, 0.2) is 6.61 Å². The third-order valence-corrected chi connectivity index (χ3v) is 10.6. The number of aryl methyl sites for hydroxylation is 1. The number of hydrogen-bond donors (Lipinski definition) is 1. The first-order valence-corrected chi connectivity index (χ1v) is 12.6. The van der Waals surface area contributed by atoms with Gasteiger partial charge in [-0.25, -0.2) is 4.79 Å². The van der Waals surface area contributed by atoms with Crippen LogP contribution in [-0.4, -0.2) is 50.9 Å². The molecule has 2 bridgehead atoms. The number of carbonyl (C=O) groups excluding carboxylic acids is 4. The number of alkyl halides is 2. The Bertz CT molecular complexity index is 938. The van der Waals surface area contributed by atoms with Gasteiger partial charge in [0.05, 0.1) is 11.8 Å². The van der Waals surface area contributed by atoms with E-state index in [1.807, 2.05) is 13.0 Å². The average Bonchev–Trinajstić information content (AvgIpc) is 3.33. The van der Waals surface area contributed by atoms with Gasteiger partial charge >= 0.3 is 5.97 Å². The van der Waals surface area contributed by atoms with E-state index in [-0.39, 0.29) is 33.3 Å². The van der Waals surface area contributed by atoms with E-state index < -0.39 is 36.4 Å². The standard InChI is InChI=1S/C21H21Br3N2O5/c1-8-5-10(3-4-13(8)22)25-14(27)7-31-21(30)9(2)26-19(28)15-11-6-12(16(15)20(26)29)18(24)17(11)23/h3-5,9,11-12,15-18H,6-7H2,1-2H3,(H,25,27)/t9-,11+,12+,15+,16+,17-,18+/m0/s1. The first-order valence-electron chi connectivity index (χ1n) is 9.99. The topological polar surface area (TPSA) is 92.8 Å². The molecule has 0 aromatic heterocycles. The van der Waals surface area contributed by atoms with Crippen molar-refractivity contribution >= 4 is 77.2 Å². The smallest absolute Gasteiger partial charge is 0.329 e. The van der Waals surface area contributed by atoms with Crippen LogP contribution in [0.2, 0.25) is 0 Å². The van der Waals surface area contributed by atoms with Crippen molar-refractivity contribution < 1.29 is 23.9 Å². The Labute approximate surface area is 205 Å².